The van der Waals surface area contributed by atoms with Crippen molar-refractivity contribution in [3.63, 3.8) is 0 Å². The van der Waals surface area contributed by atoms with E-state index in [1.54, 1.807) is 10.7 Å². The van der Waals surface area contributed by atoms with E-state index in [4.69, 9.17) is 5.26 Å². The van der Waals surface area contributed by atoms with Crippen LogP contribution in [0.1, 0.15) is 36.3 Å². The third kappa shape index (κ3) is 3.78. The molecule has 1 aromatic heterocycles. The highest BCUT2D eigenvalue weighted by molar-refractivity contribution is 5.94. The first-order chi connectivity index (χ1) is 11.2. The van der Waals surface area contributed by atoms with Gasteiger partial charge in [-0.2, -0.15) is 10.4 Å². The van der Waals surface area contributed by atoms with E-state index in [0.717, 1.165) is 12.8 Å². The van der Waals surface area contributed by atoms with Crippen LogP contribution in [0.25, 0.3) is 0 Å². The maximum Gasteiger partial charge on any atom is 0.229 e. The summed E-state index contributed by atoms with van der Waals surface area (Å²) in [6.45, 7) is 2.76. The summed E-state index contributed by atoms with van der Waals surface area (Å²) in [5.41, 5.74) is 2.47. The van der Waals surface area contributed by atoms with Crippen molar-refractivity contribution >= 4 is 11.7 Å². The molecule has 1 aromatic carbocycles. The Kier molecular flexibility index (Phi) is 4.42. The molecule has 3 rings (SSSR count). The molecule has 5 nitrogen and oxygen atoms in total. The van der Waals surface area contributed by atoms with Gasteiger partial charge in [0.25, 0.3) is 0 Å². The molecule has 1 aliphatic rings. The van der Waals surface area contributed by atoms with Crippen molar-refractivity contribution in [3.8, 4) is 6.07 Å². The largest absolute Gasteiger partial charge is 0.309 e. The number of carbonyl (C=O) groups excluding carboxylic acids is 1. The van der Waals surface area contributed by atoms with Gasteiger partial charge >= 0.3 is 0 Å². The molecule has 0 bridgehead atoms. The predicted octanol–water partition coefficient (Wildman–Crippen LogP) is 3.24. The second-order valence-corrected chi connectivity index (χ2v) is 6.08. The molecule has 0 saturated heterocycles. The number of rotatable bonds is 6. The average Bonchev–Trinajstić information content (AvgIpc) is 3.23. The van der Waals surface area contributed by atoms with Crippen molar-refractivity contribution in [3.05, 3.63) is 47.7 Å². The van der Waals surface area contributed by atoms with Gasteiger partial charge in [0.05, 0.1) is 6.07 Å². The third-order valence-electron chi connectivity index (χ3n) is 4.17. The topological polar surface area (TPSA) is 70.7 Å². The lowest BCUT2D eigenvalue weighted by Gasteiger charge is -2.03. The fraction of sp³-hybridized carbons (Fsp3) is 0.389. The van der Waals surface area contributed by atoms with Crippen LogP contribution in [0.2, 0.25) is 0 Å². The summed E-state index contributed by atoms with van der Waals surface area (Å²) in [6.07, 6.45) is 4.02. The van der Waals surface area contributed by atoms with Gasteiger partial charge in [0.2, 0.25) is 5.91 Å². The van der Waals surface area contributed by atoms with Crippen molar-refractivity contribution in [2.45, 2.75) is 38.6 Å². The van der Waals surface area contributed by atoms with Crippen molar-refractivity contribution in [1.29, 1.82) is 5.26 Å². The summed E-state index contributed by atoms with van der Waals surface area (Å²) in [5, 5.41) is 15.7. The molecule has 23 heavy (non-hydrogen) atoms. The maximum absolute atomic E-state index is 12.3. The highest BCUT2D eigenvalue weighted by atomic mass is 16.2. The van der Waals surface area contributed by atoms with E-state index in [9.17, 15) is 4.79 Å². The van der Waals surface area contributed by atoms with Gasteiger partial charge in [-0.15, -0.1) is 0 Å². The van der Waals surface area contributed by atoms with Crippen LogP contribution in [0.5, 0.6) is 0 Å². The van der Waals surface area contributed by atoms with Gasteiger partial charge in [-0.1, -0.05) is 29.8 Å². The molecule has 1 fully saturated rings. The lowest BCUT2D eigenvalue weighted by Crippen LogP contribution is -2.15. The van der Waals surface area contributed by atoms with Crippen LogP contribution in [0, 0.1) is 24.2 Å². The molecule has 0 radical (unpaired) electrons. The maximum atomic E-state index is 12.3. The Labute approximate surface area is 135 Å². The molecule has 2 aromatic rings. The molecular weight excluding hydrogens is 288 g/mol. The molecule has 0 spiro atoms. The first-order valence-electron chi connectivity index (χ1n) is 7.95. The Morgan fingerprint density at radius 3 is 3.13 bits per heavy atom. The van der Waals surface area contributed by atoms with E-state index in [0.29, 0.717) is 24.7 Å². The zero-order valence-electron chi connectivity index (χ0n) is 13.2. The van der Waals surface area contributed by atoms with Crippen LogP contribution in [0.4, 0.5) is 5.82 Å². The van der Waals surface area contributed by atoms with Crippen molar-refractivity contribution < 1.29 is 4.79 Å². The number of carbonyl (C=O) groups is 1. The minimum atomic E-state index is 0.0405. The van der Waals surface area contributed by atoms with Crippen molar-refractivity contribution in [2.24, 2.45) is 5.92 Å². The Balaban J connectivity index is 1.53. The predicted molar refractivity (Wildman–Crippen MR) is 87.7 cm³/mol. The molecule has 1 N–H and O–H groups in total. The molecule has 118 valence electrons. The lowest BCUT2D eigenvalue weighted by molar-refractivity contribution is -0.117. The quantitative estimate of drug-likeness (QED) is 0.833. The van der Waals surface area contributed by atoms with Crippen LogP contribution < -0.4 is 5.32 Å². The van der Waals surface area contributed by atoms with Gasteiger partial charge < -0.3 is 5.32 Å². The van der Waals surface area contributed by atoms with E-state index in [1.165, 1.54) is 11.1 Å². The number of hydrogen-bond acceptors (Lipinski definition) is 3. The van der Waals surface area contributed by atoms with Crippen LogP contribution in [0.3, 0.4) is 0 Å². The summed E-state index contributed by atoms with van der Waals surface area (Å²) in [7, 11) is 0. The van der Waals surface area contributed by atoms with Gasteiger partial charge in [0.15, 0.2) is 5.82 Å². The summed E-state index contributed by atoms with van der Waals surface area (Å²) in [5.74, 6) is 0.994. The highest BCUT2D eigenvalue weighted by Crippen LogP contribution is 2.48. The van der Waals surface area contributed by atoms with Crippen molar-refractivity contribution in [1.82, 2.24) is 9.78 Å². The Morgan fingerprint density at radius 2 is 2.35 bits per heavy atom. The molecule has 2 unspecified atom stereocenters. The molecule has 0 aliphatic heterocycles. The third-order valence-corrected chi connectivity index (χ3v) is 4.17. The van der Waals surface area contributed by atoms with Crippen LogP contribution >= 0.6 is 0 Å². The first-order valence-corrected chi connectivity index (χ1v) is 7.95. The van der Waals surface area contributed by atoms with Gasteiger partial charge in [0.1, 0.15) is 0 Å². The second kappa shape index (κ2) is 6.66. The van der Waals surface area contributed by atoms with E-state index in [1.807, 2.05) is 12.3 Å². The fourth-order valence-corrected chi connectivity index (χ4v) is 2.85. The number of benzene rings is 1. The number of nitrogens with one attached hydrogen (secondary N) is 1. The lowest BCUT2D eigenvalue weighted by atomic mass is 10.1. The number of nitrogens with zero attached hydrogens (tertiary/aromatic N) is 3. The minimum absolute atomic E-state index is 0.0405. The second-order valence-electron chi connectivity index (χ2n) is 6.08. The Morgan fingerprint density at radius 1 is 1.48 bits per heavy atom. The summed E-state index contributed by atoms with van der Waals surface area (Å²) in [6, 6.07) is 12.3. The summed E-state index contributed by atoms with van der Waals surface area (Å²) >= 11 is 0. The number of aromatic nitrogens is 2. The van der Waals surface area contributed by atoms with Crippen LogP contribution in [-0.2, 0) is 11.3 Å². The molecule has 1 saturated carbocycles. The summed E-state index contributed by atoms with van der Waals surface area (Å²) < 4.78 is 1.76. The molecule has 1 heterocycles. The SMILES string of the molecule is Cc1cccc(C2CC2C(=O)Nc2ccn(CCCC#N)n2)c1. The molecular formula is C18H20N4O. The first kappa shape index (κ1) is 15.3. The normalized spacial score (nSPS) is 19.1. The van der Waals surface area contributed by atoms with Crippen LogP contribution in [0.15, 0.2) is 36.5 Å². The Bertz CT molecular complexity index is 743. The number of aryl methyl sites for hydroxylation is 2. The number of nitriles is 1. The van der Waals surface area contributed by atoms with E-state index in [2.05, 4.69) is 41.6 Å². The molecule has 5 heteroatoms. The average molecular weight is 308 g/mol. The minimum Gasteiger partial charge on any atom is -0.309 e. The number of hydrogen-bond donors (Lipinski definition) is 1. The zero-order chi connectivity index (χ0) is 16.2. The van der Waals surface area contributed by atoms with Gasteiger partial charge in [-0.25, -0.2) is 0 Å². The van der Waals surface area contributed by atoms with Crippen molar-refractivity contribution in [2.75, 3.05) is 5.32 Å². The number of unbranched alkanes of at least 4 members (excludes halogenated alkanes) is 1. The van der Waals surface area contributed by atoms with E-state index in [-0.39, 0.29) is 11.8 Å². The number of anilines is 1. The van der Waals surface area contributed by atoms with E-state index < -0.39 is 0 Å². The van der Waals surface area contributed by atoms with Gasteiger partial charge in [-0.3, -0.25) is 9.48 Å². The van der Waals surface area contributed by atoms with Gasteiger partial charge in [-0.05, 0) is 31.2 Å². The van der Waals surface area contributed by atoms with Gasteiger partial charge in [0, 0.05) is 31.1 Å². The summed E-state index contributed by atoms with van der Waals surface area (Å²) in [4.78, 5) is 12.3. The molecule has 1 amide bonds. The molecule has 2 atom stereocenters. The Hall–Kier alpha value is -2.61. The zero-order valence-corrected chi connectivity index (χ0v) is 13.2. The van der Waals surface area contributed by atoms with E-state index >= 15 is 0 Å². The standard InChI is InChI=1S/C18H20N4O/c1-13-5-4-6-14(11-13)15-12-16(15)18(23)20-17-7-10-22(21-17)9-3-2-8-19/h4-7,10-11,15-16H,2-3,9,12H2,1H3,(H,20,21,23). The molecule has 1 aliphatic carbocycles. The monoisotopic (exact) mass is 308 g/mol. The highest BCUT2D eigenvalue weighted by Gasteiger charge is 2.44. The number of amides is 1. The fourth-order valence-electron chi connectivity index (χ4n) is 2.85. The smallest absolute Gasteiger partial charge is 0.229 e. The van der Waals surface area contributed by atoms with Crippen LogP contribution in [-0.4, -0.2) is 15.7 Å².